The van der Waals surface area contributed by atoms with Crippen molar-refractivity contribution < 1.29 is 9.90 Å². The van der Waals surface area contributed by atoms with Gasteiger partial charge in [0.1, 0.15) is 11.2 Å². The first kappa shape index (κ1) is 11.5. The highest BCUT2D eigenvalue weighted by Crippen LogP contribution is 2.37. The summed E-state index contributed by atoms with van der Waals surface area (Å²) in [5.74, 6) is -0.350. The predicted octanol–water partition coefficient (Wildman–Crippen LogP) is 2.53. The van der Waals surface area contributed by atoms with Crippen LogP contribution in [0.25, 0.3) is 0 Å². The summed E-state index contributed by atoms with van der Waals surface area (Å²) in [6.45, 7) is 0. The summed E-state index contributed by atoms with van der Waals surface area (Å²) in [7, 11) is 0. The molecule has 0 saturated heterocycles. The maximum Gasteiger partial charge on any atom is 0.317 e. The predicted molar refractivity (Wildman–Crippen MR) is 62.1 cm³/mol. The summed E-state index contributed by atoms with van der Waals surface area (Å²) in [6.07, 6.45) is 7.49. The van der Waals surface area contributed by atoms with E-state index in [4.69, 9.17) is 0 Å². The highest BCUT2D eigenvalue weighted by atomic mass is 79.9. The molecule has 0 amide bonds. The molecule has 1 heterocycles. The van der Waals surface area contributed by atoms with Crippen LogP contribution in [0, 0.1) is 0 Å². The van der Waals surface area contributed by atoms with E-state index in [0.29, 0.717) is 18.7 Å². The van der Waals surface area contributed by atoms with Gasteiger partial charge in [0.05, 0.1) is 4.47 Å². The van der Waals surface area contributed by atoms with Crippen LogP contribution in [0.15, 0.2) is 16.9 Å². The van der Waals surface area contributed by atoms with E-state index in [-0.39, 0.29) is 0 Å². The molecule has 0 spiro atoms. The zero-order valence-electron chi connectivity index (χ0n) is 8.82. The van der Waals surface area contributed by atoms with Crippen molar-refractivity contribution in [3.8, 4) is 0 Å². The largest absolute Gasteiger partial charge is 0.480 e. The Bertz CT molecular complexity index is 385. The van der Waals surface area contributed by atoms with Crippen LogP contribution < -0.4 is 0 Å². The summed E-state index contributed by atoms with van der Waals surface area (Å²) >= 11 is 3.25. The van der Waals surface area contributed by atoms with Gasteiger partial charge in [0, 0.05) is 12.4 Å². The second-order valence-electron chi connectivity index (χ2n) is 4.17. The fourth-order valence-corrected chi connectivity index (χ4v) is 2.45. The van der Waals surface area contributed by atoms with Crippen LogP contribution in [0.1, 0.15) is 37.9 Å². The van der Waals surface area contributed by atoms with E-state index in [9.17, 15) is 9.90 Å². The van der Waals surface area contributed by atoms with E-state index in [2.05, 4.69) is 25.9 Å². The fraction of sp³-hybridized carbons (Fsp3) is 0.545. The van der Waals surface area contributed by atoms with Crippen LogP contribution in [0.3, 0.4) is 0 Å². The molecule has 0 aliphatic heterocycles. The van der Waals surface area contributed by atoms with Crippen molar-refractivity contribution in [1.82, 2.24) is 9.97 Å². The number of aromatic nitrogens is 2. The Morgan fingerprint density at radius 3 is 2.31 bits per heavy atom. The first-order valence-electron chi connectivity index (χ1n) is 5.36. The maximum atomic E-state index is 11.5. The van der Waals surface area contributed by atoms with Gasteiger partial charge < -0.3 is 5.11 Å². The zero-order chi connectivity index (χ0) is 11.6. The minimum Gasteiger partial charge on any atom is -0.480 e. The Morgan fingerprint density at radius 2 is 1.81 bits per heavy atom. The van der Waals surface area contributed by atoms with Gasteiger partial charge in [-0.1, -0.05) is 19.3 Å². The number of hydrogen-bond acceptors (Lipinski definition) is 3. The van der Waals surface area contributed by atoms with Crippen LogP contribution in [-0.2, 0) is 10.2 Å². The molecule has 2 rings (SSSR count). The molecule has 4 nitrogen and oxygen atoms in total. The molecule has 1 aliphatic rings. The number of halogens is 1. The van der Waals surface area contributed by atoms with Crippen LogP contribution in [0.4, 0.5) is 0 Å². The number of carbonyl (C=O) groups is 1. The maximum absolute atomic E-state index is 11.5. The number of hydrogen-bond donors (Lipinski definition) is 1. The lowest BCUT2D eigenvalue weighted by atomic mass is 9.73. The zero-order valence-corrected chi connectivity index (χ0v) is 10.4. The van der Waals surface area contributed by atoms with Gasteiger partial charge >= 0.3 is 5.97 Å². The number of nitrogens with zero attached hydrogens (tertiary/aromatic N) is 2. The minimum absolute atomic E-state index is 0.447. The van der Waals surface area contributed by atoms with E-state index in [0.717, 1.165) is 23.7 Å². The standard InChI is InChI=1S/C11H13BrN2O2/c12-8-6-13-9(14-7-8)11(10(15)16)4-2-1-3-5-11/h6-7H,1-5H2,(H,15,16). The second-order valence-corrected chi connectivity index (χ2v) is 5.09. The van der Waals surface area contributed by atoms with Crippen molar-refractivity contribution in [2.75, 3.05) is 0 Å². The summed E-state index contributed by atoms with van der Waals surface area (Å²) in [5, 5.41) is 9.42. The minimum atomic E-state index is -0.862. The first-order valence-corrected chi connectivity index (χ1v) is 6.16. The third kappa shape index (κ3) is 1.96. The monoisotopic (exact) mass is 284 g/mol. The Labute approximate surface area is 102 Å². The van der Waals surface area contributed by atoms with Crippen LogP contribution >= 0.6 is 15.9 Å². The Morgan fingerprint density at radius 1 is 1.25 bits per heavy atom. The molecule has 1 N–H and O–H groups in total. The van der Waals surface area contributed by atoms with E-state index < -0.39 is 11.4 Å². The molecule has 1 fully saturated rings. The van der Waals surface area contributed by atoms with Crippen molar-refractivity contribution >= 4 is 21.9 Å². The number of aliphatic carboxylic acids is 1. The third-order valence-corrected chi connectivity index (χ3v) is 3.57. The van der Waals surface area contributed by atoms with Gasteiger partial charge in [-0.2, -0.15) is 0 Å². The van der Waals surface area contributed by atoms with Crippen molar-refractivity contribution in [2.24, 2.45) is 0 Å². The highest BCUT2D eigenvalue weighted by molar-refractivity contribution is 9.10. The van der Waals surface area contributed by atoms with Gasteiger partial charge in [0.25, 0.3) is 0 Å². The van der Waals surface area contributed by atoms with Crippen molar-refractivity contribution in [2.45, 2.75) is 37.5 Å². The Balaban J connectivity index is 2.38. The lowest BCUT2D eigenvalue weighted by Gasteiger charge is -2.31. The molecule has 5 heteroatoms. The van der Waals surface area contributed by atoms with Crippen LogP contribution in [-0.4, -0.2) is 21.0 Å². The van der Waals surface area contributed by atoms with E-state index in [1.807, 2.05) is 0 Å². The molecule has 1 aromatic rings. The van der Waals surface area contributed by atoms with E-state index in [1.165, 1.54) is 0 Å². The molecule has 1 saturated carbocycles. The Kier molecular flexibility index (Phi) is 3.23. The van der Waals surface area contributed by atoms with Gasteiger partial charge in [-0.25, -0.2) is 9.97 Å². The smallest absolute Gasteiger partial charge is 0.317 e. The molecule has 1 aromatic heterocycles. The number of carboxylic acid groups (broad SMARTS) is 1. The topological polar surface area (TPSA) is 63.1 Å². The molecular weight excluding hydrogens is 272 g/mol. The summed E-state index contributed by atoms with van der Waals surface area (Å²) in [4.78, 5) is 19.8. The van der Waals surface area contributed by atoms with E-state index in [1.54, 1.807) is 12.4 Å². The molecule has 0 radical (unpaired) electrons. The van der Waals surface area contributed by atoms with Gasteiger partial charge in [-0.05, 0) is 28.8 Å². The van der Waals surface area contributed by atoms with Crippen LogP contribution in [0.5, 0.6) is 0 Å². The lowest BCUT2D eigenvalue weighted by molar-refractivity contribution is -0.145. The second kappa shape index (κ2) is 4.49. The normalized spacial score (nSPS) is 19.3. The van der Waals surface area contributed by atoms with E-state index >= 15 is 0 Å². The van der Waals surface area contributed by atoms with Crippen LogP contribution in [0.2, 0.25) is 0 Å². The molecular formula is C11H13BrN2O2. The van der Waals surface area contributed by atoms with Crippen molar-refractivity contribution in [3.05, 3.63) is 22.7 Å². The number of carboxylic acids is 1. The molecule has 0 unspecified atom stereocenters. The quantitative estimate of drug-likeness (QED) is 0.907. The van der Waals surface area contributed by atoms with Gasteiger partial charge in [0.2, 0.25) is 0 Å². The lowest BCUT2D eigenvalue weighted by Crippen LogP contribution is -2.39. The Hall–Kier alpha value is -0.970. The average Bonchev–Trinajstić information content (AvgIpc) is 2.30. The molecule has 1 aliphatic carbocycles. The summed E-state index contributed by atoms with van der Waals surface area (Å²) in [6, 6.07) is 0. The number of rotatable bonds is 2. The molecule has 16 heavy (non-hydrogen) atoms. The first-order chi connectivity index (χ1) is 7.65. The molecule has 0 bridgehead atoms. The fourth-order valence-electron chi connectivity index (χ4n) is 2.25. The SMILES string of the molecule is O=C(O)C1(c2ncc(Br)cn2)CCCCC1. The van der Waals surface area contributed by atoms with Crippen molar-refractivity contribution in [1.29, 1.82) is 0 Å². The highest BCUT2D eigenvalue weighted by Gasteiger charge is 2.43. The summed E-state index contributed by atoms with van der Waals surface area (Å²) in [5.41, 5.74) is -0.862. The molecule has 86 valence electrons. The average molecular weight is 285 g/mol. The van der Waals surface area contributed by atoms with Gasteiger partial charge in [-0.15, -0.1) is 0 Å². The third-order valence-electron chi connectivity index (χ3n) is 3.16. The van der Waals surface area contributed by atoms with Crippen molar-refractivity contribution in [3.63, 3.8) is 0 Å². The molecule has 0 aromatic carbocycles. The summed E-state index contributed by atoms with van der Waals surface area (Å²) < 4.78 is 0.771. The molecule has 0 atom stereocenters. The van der Waals surface area contributed by atoms with Gasteiger partial charge in [-0.3, -0.25) is 4.79 Å². The van der Waals surface area contributed by atoms with Gasteiger partial charge in [0.15, 0.2) is 0 Å².